The van der Waals surface area contributed by atoms with Crippen molar-refractivity contribution < 1.29 is 14.4 Å². The number of amides is 3. The lowest BCUT2D eigenvalue weighted by Crippen LogP contribution is -2.44. The molecular formula is C22H25N3O3. The molecule has 2 rings (SSSR count). The van der Waals surface area contributed by atoms with Crippen molar-refractivity contribution in [2.75, 3.05) is 14.1 Å². The van der Waals surface area contributed by atoms with E-state index in [9.17, 15) is 14.4 Å². The fraction of sp³-hybridized carbons (Fsp3) is 0.227. The molecule has 28 heavy (non-hydrogen) atoms. The standard InChI is InChI=1S/C22H25N3O3/c1-16(24-20(26)14-11-17-7-5-4-6-8-17)22(28)25(3)15-18-9-12-19(13-10-18)21(27)23-2/h4-14,16H,15H2,1-3H3,(H,23,27)(H,24,26)/b14-11+/t16-/m0/s1. The second-order valence-corrected chi connectivity index (χ2v) is 6.44. The molecule has 6 nitrogen and oxygen atoms in total. The van der Waals surface area contributed by atoms with Gasteiger partial charge >= 0.3 is 0 Å². The van der Waals surface area contributed by atoms with E-state index in [0.717, 1.165) is 11.1 Å². The average molecular weight is 379 g/mol. The van der Waals surface area contributed by atoms with Gasteiger partial charge in [0.25, 0.3) is 5.91 Å². The van der Waals surface area contributed by atoms with Gasteiger partial charge in [-0.15, -0.1) is 0 Å². The Hall–Kier alpha value is -3.41. The van der Waals surface area contributed by atoms with Gasteiger partial charge in [-0.05, 0) is 36.3 Å². The van der Waals surface area contributed by atoms with E-state index < -0.39 is 6.04 Å². The first-order valence-electron chi connectivity index (χ1n) is 9.00. The van der Waals surface area contributed by atoms with E-state index in [1.54, 1.807) is 56.3 Å². The Morgan fingerprint density at radius 2 is 1.68 bits per heavy atom. The second-order valence-electron chi connectivity index (χ2n) is 6.44. The Balaban J connectivity index is 1.88. The zero-order valence-electron chi connectivity index (χ0n) is 16.3. The lowest BCUT2D eigenvalue weighted by molar-refractivity contribution is -0.134. The van der Waals surface area contributed by atoms with E-state index in [-0.39, 0.29) is 17.7 Å². The van der Waals surface area contributed by atoms with Crippen LogP contribution in [-0.4, -0.2) is 42.8 Å². The summed E-state index contributed by atoms with van der Waals surface area (Å²) in [7, 11) is 3.25. The predicted octanol–water partition coefficient (Wildman–Crippen LogP) is 2.22. The van der Waals surface area contributed by atoms with Crippen LogP contribution in [0.15, 0.2) is 60.7 Å². The topological polar surface area (TPSA) is 78.5 Å². The highest BCUT2D eigenvalue weighted by atomic mass is 16.2. The zero-order valence-corrected chi connectivity index (χ0v) is 16.3. The number of nitrogens with zero attached hydrogens (tertiary/aromatic N) is 1. The molecule has 0 aliphatic carbocycles. The van der Waals surface area contributed by atoms with Crippen LogP contribution in [0.1, 0.15) is 28.4 Å². The number of hydrogen-bond donors (Lipinski definition) is 2. The van der Waals surface area contributed by atoms with E-state index >= 15 is 0 Å². The number of rotatable bonds is 7. The fourth-order valence-electron chi connectivity index (χ4n) is 2.65. The quantitative estimate of drug-likeness (QED) is 0.724. The van der Waals surface area contributed by atoms with Crippen LogP contribution in [0, 0.1) is 0 Å². The number of carbonyl (C=O) groups excluding carboxylic acids is 3. The van der Waals surface area contributed by atoms with Crippen molar-refractivity contribution in [2.45, 2.75) is 19.5 Å². The molecule has 2 N–H and O–H groups in total. The molecule has 3 amide bonds. The van der Waals surface area contributed by atoms with Crippen LogP contribution in [0.4, 0.5) is 0 Å². The maximum absolute atomic E-state index is 12.5. The van der Waals surface area contributed by atoms with Gasteiger partial charge in [-0.1, -0.05) is 42.5 Å². The molecule has 146 valence electrons. The van der Waals surface area contributed by atoms with Gasteiger partial charge in [-0.3, -0.25) is 14.4 Å². The second kappa shape index (κ2) is 10.1. The van der Waals surface area contributed by atoms with E-state index in [0.29, 0.717) is 12.1 Å². The molecule has 0 aliphatic heterocycles. The molecule has 6 heteroatoms. The summed E-state index contributed by atoms with van der Waals surface area (Å²) in [4.78, 5) is 37.6. The van der Waals surface area contributed by atoms with Crippen LogP contribution >= 0.6 is 0 Å². The van der Waals surface area contributed by atoms with Crippen LogP contribution in [0.2, 0.25) is 0 Å². The first-order valence-corrected chi connectivity index (χ1v) is 9.00. The molecule has 0 unspecified atom stereocenters. The van der Waals surface area contributed by atoms with Gasteiger partial charge in [-0.2, -0.15) is 0 Å². The highest BCUT2D eigenvalue weighted by molar-refractivity contribution is 5.95. The largest absolute Gasteiger partial charge is 0.355 e. The predicted molar refractivity (Wildman–Crippen MR) is 109 cm³/mol. The van der Waals surface area contributed by atoms with Crippen LogP contribution in [0.25, 0.3) is 6.08 Å². The maximum Gasteiger partial charge on any atom is 0.251 e. The SMILES string of the molecule is CNC(=O)c1ccc(CN(C)C(=O)[C@H](C)NC(=O)/C=C/c2ccccc2)cc1. The van der Waals surface area contributed by atoms with Gasteiger partial charge in [0, 0.05) is 32.3 Å². The summed E-state index contributed by atoms with van der Waals surface area (Å²) < 4.78 is 0. The molecule has 2 aromatic rings. The Kier molecular flexibility index (Phi) is 7.51. The summed E-state index contributed by atoms with van der Waals surface area (Å²) in [5, 5.41) is 5.24. The first-order chi connectivity index (χ1) is 13.4. The fourth-order valence-corrected chi connectivity index (χ4v) is 2.65. The normalized spacial score (nSPS) is 11.7. The van der Waals surface area contributed by atoms with Crippen molar-refractivity contribution in [3.63, 3.8) is 0 Å². The Labute approximate surface area is 165 Å². The van der Waals surface area contributed by atoms with E-state index in [2.05, 4.69) is 10.6 Å². The first kappa shape index (κ1) is 20.9. The molecule has 0 spiro atoms. The Morgan fingerprint density at radius 3 is 2.29 bits per heavy atom. The van der Waals surface area contributed by atoms with Gasteiger partial charge in [0.15, 0.2) is 0 Å². The number of likely N-dealkylation sites (N-methyl/N-ethyl adjacent to an activating group) is 1. The lowest BCUT2D eigenvalue weighted by atomic mass is 10.1. The Bertz CT molecular complexity index is 845. The third-order valence-corrected chi connectivity index (χ3v) is 4.20. The van der Waals surface area contributed by atoms with Gasteiger partial charge < -0.3 is 15.5 Å². The van der Waals surface area contributed by atoms with Crippen molar-refractivity contribution in [3.8, 4) is 0 Å². The molecule has 0 fully saturated rings. The molecule has 0 saturated carbocycles. The summed E-state index contributed by atoms with van der Waals surface area (Å²) in [5.41, 5.74) is 2.37. The summed E-state index contributed by atoms with van der Waals surface area (Å²) in [6.07, 6.45) is 3.11. The minimum Gasteiger partial charge on any atom is -0.355 e. The maximum atomic E-state index is 12.5. The molecule has 2 aromatic carbocycles. The molecular weight excluding hydrogens is 354 g/mol. The molecule has 0 heterocycles. The molecule has 0 saturated heterocycles. The molecule has 1 atom stereocenters. The van der Waals surface area contributed by atoms with E-state index in [1.165, 1.54) is 6.08 Å². The van der Waals surface area contributed by atoms with Crippen LogP contribution in [-0.2, 0) is 16.1 Å². The van der Waals surface area contributed by atoms with Crippen molar-refractivity contribution in [3.05, 3.63) is 77.4 Å². The van der Waals surface area contributed by atoms with Crippen molar-refractivity contribution in [2.24, 2.45) is 0 Å². The van der Waals surface area contributed by atoms with E-state index in [1.807, 2.05) is 30.3 Å². The highest BCUT2D eigenvalue weighted by Crippen LogP contribution is 2.08. The lowest BCUT2D eigenvalue weighted by Gasteiger charge is -2.22. The van der Waals surface area contributed by atoms with E-state index in [4.69, 9.17) is 0 Å². The molecule has 0 bridgehead atoms. The molecule has 0 radical (unpaired) electrons. The number of carbonyl (C=O) groups is 3. The van der Waals surface area contributed by atoms with Crippen LogP contribution < -0.4 is 10.6 Å². The third-order valence-electron chi connectivity index (χ3n) is 4.20. The zero-order chi connectivity index (χ0) is 20.5. The van der Waals surface area contributed by atoms with Gasteiger partial charge in [0.2, 0.25) is 11.8 Å². The minimum atomic E-state index is -0.650. The summed E-state index contributed by atoms with van der Waals surface area (Å²) in [5.74, 6) is -0.680. The highest BCUT2D eigenvalue weighted by Gasteiger charge is 2.18. The van der Waals surface area contributed by atoms with Crippen LogP contribution in [0.3, 0.4) is 0 Å². The van der Waals surface area contributed by atoms with Crippen molar-refractivity contribution in [1.29, 1.82) is 0 Å². The summed E-state index contributed by atoms with van der Waals surface area (Å²) in [6.45, 7) is 2.04. The van der Waals surface area contributed by atoms with Crippen molar-refractivity contribution in [1.82, 2.24) is 15.5 Å². The van der Waals surface area contributed by atoms with Gasteiger partial charge in [0.1, 0.15) is 6.04 Å². The monoisotopic (exact) mass is 379 g/mol. The molecule has 0 aromatic heterocycles. The minimum absolute atomic E-state index is 0.157. The molecule has 0 aliphatic rings. The Morgan fingerprint density at radius 1 is 1.04 bits per heavy atom. The summed E-state index contributed by atoms with van der Waals surface area (Å²) >= 11 is 0. The van der Waals surface area contributed by atoms with Gasteiger partial charge in [-0.25, -0.2) is 0 Å². The average Bonchev–Trinajstić information content (AvgIpc) is 2.72. The van der Waals surface area contributed by atoms with Crippen LogP contribution in [0.5, 0.6) is 0 Å². The third kappa shape index (κ3) is 6.09. The number of nitrogens with one attached hydrogen (secondary N) is 2. The summed E-state index contributed by atoms with van der Waals surface area (Å²) in [6, 6.07) is 15.9. The number of hydrogen-bond acceptors (Lipinski definition) is 3. The number of benzene rings is 2. The smallest absolute Gasteiger partial charge is 0.251 e. The van der Waals surface area contributed by atoms with Crippen molar-refractivity contribution >= 4 is 23.8 Å². The van der Waals surface area contributed by atoms with Gasteiger partial charge in [0.05, 0.1) is 0 Å².